The summed E-state index contributed by atoms with van der Waals surface area (Å²) < 4.78 is 5.62. The van der Waals surface area contributed by atoms with Crippen molar-refractivity contribution >= 4 is 23.7 Å². The summed E-state index contributed by atoms with van der Waals surface area (Å²) in [4.78, 5) is 37.7. The number of ether oxygens (including phenoxy) is 1. The van der Waals surface area contributed by atoms with E-state index in [4.69, 9.17) is 4.74 Å². The zero-order valence-corrected chi connectivity index (χ0v) is 16.4. The summed E-state index contributed by atoms with van der Waals surface area (Å²) in [6.07, 6.45) is 0.368. The molecule has 1 atom stereocenters. The minimum absolute atomic E-state index is 0.0458. The fraction of sp³-hybridized carbons (Fsp3) is 0.0800. The van der Waals surface area contributed by atoms with E-state index in [1.807, 2.05) is 24.3 Å². The predicted molar refractivity (Wildman–Crippen MR) is 114 cm³/mol. The zero-order chi connectivity index (χ0) is 21.3. The highest BCUT2D eigenvalue weighted by Crippen LogP contribution is 2.24. The molecule has 0 aromatic heterocycles. The van der Waals surface area contributed by atoms with Gasteiger partial charge < -0.3 is 10.1 Å². The van der Waals surface area contributed by atoms with Crippen LogP contribution in [0.5, 0.6) is 0 Å². The van der Waals surface area contributed by atoms with E-state index < -0.39 is 18.0 Å². The highest BCUT2D eigenvalue weighted by Gasteiger charge is 2.27. The molecular weight excluding hydrogens is 378 g/mol. The Hall–Kier alpha value is -3.99. The Kier molecular flexibility index (Phi) is 6.90. The molecule has 3 aromatic rings. The Bertz CT molecular complexity index is 1040. The van der Waals surface area contributed by atoms with Crippen molar-refractivity contribution in [1.82, 2.24) is 5.32 Å². The smallest absolute Gasteiger partial charge is 0.355 e. The molecule has 0 heterocycles. The molecule has 0 saturated carbocycles. The third kappa shape index (κ3) is 5.52. The first-order valence-electron chi connectivity index (χ1n) is 9.44. The van der Waals surface area contributed by atoms with Crippen molar-refractivity contribution in [2.75, 3.05) is 0 Å². The van der Waals surface area contributed by atoms with E-state index in [2.05, 4.69) is 5.32 Å². The van der Waals surface area contributed by atoms with Crippen LogP contribution in [0.2, 0.25) is 0 Å². The molecule has 5 heteroatoms. The third-order valence-electron chi connectivity index (χ3n) is 4.26. The predicted octanol–water partition coefficient (Wildman–Crippen LogP) is 4.33. The van der Waals surface area contributed by atoms with Crippen LogP contribution in [0.15, 0.2) is 96.7 Å². The summed E-state index contributed by atoms with van der Waals surface area (Å²) in [5, 5.41) is 2.50. The van der Waals surface area contributed by atoms with Gasteiger partial charge in [-0.25, -0.2) is 4.79 Å². The van der Waals surface area contributed by atoms with Crippen molar-refractivity contribution in [2.24, 2.45) is 0 Å². The largest absolute Gasteiger partial charge is 0.444 e. The summed E-state index contributed by atoms with van der Waals surface area (Å²) in [6.45, 7) is 1.30. The van der Waals surface area contributed by atoms with Gasteiger partial charge in [0.2, 0.25) is 11.7 Å². The molecule has 0 spiro atoms. The third-order valence-corrected chi connectivity index (χ3v) is 4.26. The number of esters is 1. The van der Waals surface area contributed by atoms with Crippen LogP contribution in [0, 0.1) is 0 Å². The van der Waals surface area contributed by atoms with Gasteiger partial charge in [-0.3, -0.25) is 9.59 Å². The Morgan fingerprint density at radius 3 is 1.90 bits per heavy atom. The van der Waals surface area contributed by atoms with Crippen LogP contribution < -0.4 is 5.32 Å². The lowest BCUT2D eigenvalue weighted by Crippen LogP contribution is -2.29. The lowest BCUT2D eigenvalue weighted by Gasteiger charge is -2.18. The second-order valence-corrected chi connectivity index (χ2v) is 6.58. The van der Waals surface area contributed by atoms with Gasteiger partial charge in [0.15, 0.2) is 6.10 Å². The molecule has 30 heavy (non-hydrogen) atoms. The van der Waals surface area contributed by atoms with Gasteiger partial charge in [-0.05, 0) is 11.6 Å². The molecular formula is C25H21NO4. The van der Waals surface area contributed by atoms with Crippen LogP contribution in [-0.4, -0.2) is 17.7 Å². The molecule has 0 saturated heterocycles. The molecule has 0 fully saturated rings. The number of carbonyl (C=O) groups is 3. The van der Waals surface area contributed by atoms with Gasteiger partial charge in [0.25, 0.3) is 0 Å². The van der Waals surface area contributed by atoms with Gasteiger partial charge in [-0.15, -0.1) is 0 Å². The van der Waals surface area contributed by atoms with Crippen molar-refractivity contribution in [3.63, 3.8) is 0 Å². The average molecular weight is 399 g/mol. The maximum Gasteiger partial charge on any atom is 0.355 e. The highest BCUT2D eigenvalue weighted by atomic mass is 16.5. The molecule has 1 N–H and O–H groups in total. The molecule has 0 aliphatic carbocycles. The van der Waals surface area contributed by atoms with Gasteiger partial charge in [-0.1, -0.05) is 91.0 Å². The van der Waals surface area contributed by atoms with Crippen molar-refractivity contribution < 1.29 is 19.1 Å². The molecule has 0 radical (unpaired) electrons. The van der Waals surface area contributed by atoms with Crippen molar-refractivity contribution in [2.45, 2.75) is 13.0 Å². The first-order valence-corrected chi connectivity index (χ1v) is 9.44. The number of hydrogen-bond donors (Lipinski definition) is 1. The fourth-order valence-electron chi connectivity index (χ4n) is 2.88. The van der Waals surface area contributed by atoms with Crippen LogP contribution in [0.3, 0.4) is 0 Å². The number of amides is 1. The maximum atomic E-state index is 13.1. The van der Waals surface area contributed by atoms with Gasteiger partial charge in [0.1, 0.15) is 5.70 Å². The Morgan fingerprint density at radius 2 is 1.33 bits per heavy atom. The highest BCUT2D eigenvalue weighted by molar-refractivity contribution is 6.03. The summed E-state index contributed by atoms with van der Waals surface area (Å²) in [5.74, 6) is -1.57. The average Bonchev–Trinajstić information content (AvgIpc) is 2.78. The lowest BCUT2D eigenvalue weighted by molar-refractivity contribution is -0.143. The molecule has 0 aliphatic heterocycles. The minimum Gasteiger partial charge on any atom is -0.444 e. The molecule has 150 valence electrons. The van der Waals surface area contributed by atoms with Gasteiger partial charge in [0.05, 0.1) is 0 Å². The maximum absolute atomic E-state index is 13.1. The summed E-state index contributed by atoms with van der Waals surface area (Å²) in [7, 11) is 0. The molecule has 3 aromatic carbocycles. The number of Topliss-reactive ketones (excluding diaryl/α,β-unsaturated/α-hetero) is 1. The van der Waals surface area contributed by atoms with Crippen LogP contribution in [0.1, 0.15) is 34.5 Å². The Morgan fingerprint density at radius 1 is 0.800 bits per heavy atom. The van der Waals surface area contributed by atoms with Gasteiger partial charge in [0, 0.05) is 18.1 Å². The molecule has 1 unspecified atom stereocenters. The van der Waals surface area contributed by atoms with E-state index in [9.17, 15) is 14.4 Å². The molecule has 1 amide bonds. The molecule has 5 nitrogen and oxygen atoms in total. The van der Waals surface area contributed by atoms with Crippen molar-refractivity contribution in [3.8, 4) is 0 Å². The molecule has 0 bridgehead atoms. The van der Waals surface area contributed by atoms with E-state index in [0.717, 1.165) is 0 Å². The van der Waals surface area contributed by atoms with Crippen molar-refractivity contribution in [3.05, 3.63) is 113 Å². The van der Waals surface area contributed by atoms with E-state index >= 15 is 0 Å². The first-order chi connectivity index (χ1) is 14.5. The van der Waals surface area contributed by atoms with Crippen LogP contribution in [0.4, 0.5) is 0 Å². The topological polar surface area (TPSA) is 72.5 Å². The number of hydrogen-bond acceptors (Lipinski definition) is 4. The number of benzene rings is 3. The van der Waals surface area contributed by atoms with Crippen LogP contribution in [0.25, 0.3) is 6.08 Å². The Balaban J connectivity index is 1.93. The van der Waals surface area contributed by atoms with E-state index in [1.54, 1.807) is 66.7 Å². The monoisotopic (exact) mass is 399 g/mol. The number of carbonyl (C=O) groups excluding carboxylic acids is 3. The molecule has 0 aliphatic rings. The van der Waals surface area contributed by atoms with E-state index in [0.29, 0.717) is 16.7 Å². The van der Waals surface area contributed by atoms with Gasteiger partial charge >= 0.3 is 5.97 Å². The summed E-state index contributed by atoms with van der Waals surface area (Å²) in [5.41, 5.74) is 1.63. The quantitative estimate of drug-likeness (QED) is 0.365. The van der Waals surface area contributed by atoms with Crippen LogP contribution >= 0.6 is 0 Å². The summed E-state index contributed by atoms with van der Waals surface area (Å²) in [6, 6.07) is 26.5. The van der Waals surface area contributed by atoms with E-state index in [-0.39, 0.29) is 11.5 Å². The number of nitrogens with one attached hydrogen (secondary N) is 1. The molecule has 3 rings (SSSR count). The Labute approximate surface area is 175 Å². The second kappa shape index (κ2) is 9.98. The van der Waals surface area contributed by atoms with Crippen molar-refractivity contribution in [1.29, 1.82) is 0 Å². The number of rotatable bonds is 7. The lowest BCUT2D eigenvalue weighted by atomic mass is 10.00. The SMILES string of the molecule is CC(=O)N/C(=C\c1ccccc1)C(=O)OC(C(=O)c1ccccc1)c1ccccc1. The standard InChI is InChI=1S/C25H21NO4/c1-18(27)26-22(17-19-11-5-2-6-12-19)25(29)30-24(21-15-9-4-10-16-21)23(28)20-13-7-3-8-14-20/h2-17,24H,1H3,(H,26,27)/b22-17-. The van der Waals surface area contributed by atoms with E-state index in [1.165, 1.54) is 13.0 Å². The first kappa shape index (κ1) is 20.7. The zero-order valence-electron chi connectivity index (χ0n) is 16.4. The van der Waals surface area contributed by atoms with Gasteiger partial charge in [-0.2, -0.15) is 0 Å². The minimum atomic E-state index is -1.14. The fourth-order valence-corrected chi connectivity index (χ4v) is 2.88. The van der Waals surface area contributed by atoms with Crippen LogP contribution in [-0.2, 0) is 14.3 Å². The second-order valence-electron chi connectivity index (χ2n) is 6.58. The number of ketones is 1. The summed E-state index contributed by atoms with van der Waals surface area (Å²) >= 11 is 0. The normalized spacial score (nSPS) is 12.0.